The standard InChI is InChI=1S/C22H30.2C7H8/c1-2-3-4-5-6-7-14-19-22(20-15-10-8-11-16-20)21-17-12-9-13-18-21;2*1-7-5-3-2-4-6-7/h8-13,15-18,22H,2-7,14,19H2,1H3;2*2-6H,1H3. The van der Waals surface area contributed by atoms with Crippen LogP contribution >= 0.6 is 0 Å². The van der Waals surface area contributed by atoms with Crippen molar-refractivity contribution < 1.29 is 0 Å². The average molecular weight is 479 g/mol. The van der Waals surface area contributed by atoms with E-state index in [2.05, 4.69) is 106 Å². The lowest BCUT2D eigenvalue weighted by Gasteiger charge is -2.18. The molecule has 0 aliphatic heterocycles. The number of aryl methyl sites for hydroxylation is 2. The fourth-order valence-electron chi connectivity index (χ4n) is 4.27. The summed E-state index contributed by atoms with van der Waals surface area (Å²) in [5.41, 5.74) is 5.56. The Labute approximate surface area is 221 Å². The third kappa shape index (κ3) is 13.1. The van der Waals surface area contributed by atoms with E-state index in [0.717, 1.165) is 0 Å². The van der Waals surface area contributed by atoms with Crippen LogP contribution < -0.4 is 0 Å². The summed E-state index contributed by atoms with van der Waals surface area (Å²) in [7, 11) is 0. The highest BCUT2D eigenvalue weighted by atomic mass is 14.2. The number of hydrogen-bond donors (Lipinski definition) is 0. The normalized spacial score (nSPS) is 10.1. The Kier molecular flexibility index (Phi) is 15.5. The first-order valence-corrected chi connectivity index (χ1v) is 13.8. The predicted molar refractivity (Wildman–Crippen MR) is 160 cm³/mol. The molecule has 0 nitrogen and oxygen atoms in total. The molecule has 0 bridgehead atoms. The smallest absolute Gasteiger partial charge is 0.00893 e. The third-order valence-corrected chi connectivity index (χ3v) is 6.38. The predicted octanol–water partition coefficient (Wildman–Crippen LogP) is 10.9. The van der Waals surface area contributed by atoms with Crippen LogP contribution in [-0.2, 0) is 0 Å². The van der Waals surface area contributed by atoms with Gasteiger partial charge >= 0.3 is 0 Å². The average Bonchev–Trinajstić information content (AvgIpc) is 2.93. The van der Waals surface area contributed by atoms with E-state index in [1.807, 2.05) is 36.4 Å². The summed E-state index contributed by atoms with van der Waals surface area (Å²) < 4.78 is 0. The first-order chi connectivity index (χ1) is 17.7. The fourth-order valence-corrected chi connectivity index (χ4v) is 4.27. The minimum absolute atomic E-state index is 0.554. The Bertz CT molecular complexity index is 914. The van der Waals surface area contributed by atoms with Gasteiger partial charge in [0.1, 0.15) is 0 Å². The van der Waals surface area contributed by atoms with Gasteiger partial charge in [0.15, 0.2) is 0 Å². The molecule has 0 radical (unpaired) electrons. The van der Waals surface area contributed by atoms with Gasteiger partial charge in [-0.3, -0.25) is 0 Å². The summed E-state index contributed by atoms with van der Waals surface area (Å²) in [6.45, 7) is 6.45. The molecule has 190 valence electrons. The van der Waals surface area contributed by atoms with Gasteiger partial charge in [-0.2, -0.15) is 0 Å². The molecule has 4 rings (SSSR count). The number of hydrogen-bond acceptors (Lipinski definition) is 0. The van der Waals surface area contributed by atoms with Crippen molar-refractivity contribution in [2.45, 2.75) is 78.1 Å². The molecule has 4 aromatic rings. The molecule has 0 aliphatic rings. The fraction of sp³-hybridized carbons (Fsp3) is 0.333. The maximum atomic E-state index is 2.28. The van der Waals surface area contributed by atoms with Crippen LogP contribution in [0.5, 0.6) is 0 Å². The van der Waals surface area contributed by atoms with E-state index >= 15 is 0 Å². The van der Waals surface area contributed by atoms with Crippen LogP contribution in [0.15, 0.2) is 121 Å². The van der Waals surface area contributed by atoms with Crippen molar-refractivity contribution in [2.75, 3.05) is 0 Å². The van der Waals surface area contributed by atoms with Crippen LogP contribution in [0.25, 0.3) is 0 Å². The molecule has 0 saturated heterocycles. The third-order valence-electron chi connectivity index (χ3n) is 6.38. The highest BCUT2D eigenvalue weighted by Gasteiger charge is 2.13. The molecule has 0 N–H and O–H groups in total. The van der Waals surface area contributed by atoms with Crippen molar-refractivity contribution in [3.05, 3.63) is 144 Å². The molecule has 0 spiro atoms. The van der Waals surface area contributed by atoms with Gasteiger partial charge in [-0.05, 0) is 31.4 Å². The lowest BCUT2D eigenvalue weighted by Crippen LogP contribution is -2.01. The SMILES string of the molecule is CCCCCCCCCC(c1ccccc1)c1ccccc1.Cc1ccccc1.Cc1ccccc1. The van der Waals surface area contributed by atoms with E-state index in [-0.39, 0.29) is 0 Å². The Hall–Kier alpha value is -3.12. The molecule has 0 fully saturated rings. The molecule has 4 aromatic carbocycles. The van der Waals surface area contributed by atoms with Crippen LogP contribution in [0.3, 0.4) is 0 Å². The van der Waals surface area contributed by atoms with Crippen LogP contribution in [0.1, 0.15) is 86.5 Å². The van der Waals surface area contributed by atoms with E-state index < -0.39 is 0 Å². The molecule has 0 saturated carbocycles. The molecule has 0 unspecified atom stereocenters. The Balaban J connectivity index is 0.000000262. The maximum absolute atomic E-state index is 2.28. The quantitative estimate of drug-likeness (QED) is 0.199. The van der Waals surface area contributed by atoms with Gasteiger partial charge in [-0.25, -0.2) is 0 Å². The first kappa shape index (κ1) is 29.1. The van der Waals surface area contributed by atoms with Gasteiger partial charge in [0.2, 0.25) is 0 Å². The van der Waals surface area contributed by atoms with Crippen LogP contribution in [0, 0.1) is 13.8 Å². The second-order valence-electron chi connectivity index (χ2n) is 9.59. The zero-order valence-electron chi connectivity index (χ0n) is 22.8. The van der Waals surface area contributed by atoms with Crippen molar-refractivity contribution in [3.63, 3.8) is 0 Å². The second-order valence-corrected chi connectivity index (χ2v) is 9.59. The zero-order valence-corrected chi connectivity index (χ0v) is 22.8. The minimum atomic E-state index is 0.554. The summed E-state index contributed by atoms with van der Waals surface area (Å²) in [4.78, 5) is 0. The van der Waals surface area contributed by atoms with Crippen LogP contribution in [-0.4, -0.2) is 0 Å². The lowest BCUT2D eigenvalue weighted by atomic mass is 9.87. The summed E-state index contributed by atoms with van der Waals surface area (Å²) in [6, 6.07) is 42.5. The first-order valence-electron chi connectivity index (χ1n) is 13.8. The van der Waals surface area contributed by atoms with E-state index in [1.165, 1.54) is 73.6 Å². The summed E-state index contributed by atoms with van der Waals surface area (Å²) in [5.74, 6) is 0.554. The number of benzene rings is 4. The van der Waals surface area contributed by atoms with Crippen molar-refractivity contribution in [1.82, 2.24) is 0 Å². The van der Waals surface area contributed by atoms with Gasteiger partial charge in [0.05, 0.1) is 0 Å². The maximum Gasteiger partial charge on any atom is 0.00893 e. The topological polar surface area (TPSA) is 0 Å². The van der Waals surface area contributed by atoms with Gasteiger partial charge < -0.3 is 0 Å². The van der Waals surface area contributed by atoms with Crippen molar-refractivity contribution >= 4 is 0 Å². The number of unbranched alkanes of at least 4 members (excludes halogenated alkanes) is 6. The van der Waals surface area contributed by atoms with Crippen molar-refractivity contribution in [3.8, 4) is 0 Å². The van der Waals surface area contributed by atoms with Crippen molar-refractivity contribution in [1.29, 1.82) is 0 Å². The van der Waals surface area contributed by atoms with E-state index in [1.54, 1.807) is 0 Å². The molecule has 36 heavy (non-hydrogen) atoms. The number of rotatable bonds is 10. The van der Waals surface area contributed by atoms with Gasteiger partial charge in [0.25, 0.3) is 0 Å². The van der Waals surface area contributed by atoms with Crippen LogP contribution in [0.4, 0.5) is 0 Å². The molecule has 0 heterocycles. The molecule has 0 amide bonds. The summed E-state index contributed by atoms with van der Waals surface area (Å²) in [5, 5.41) is 0. The largest absolute Gasteiger partial charge is 0.0654 e. The minimum Gasteiger partial charge on any atom is -0.0654 e. The lowest BCUT2D eigenvalue weighted by molar-refractivity contribution is 0.559. The summed E-state index contributed by atoms with van der Waals surface area (Å²) >= 11 is 0. The zero-order chi connectivity index (χ0) is 25.7. The Morgan fingerprint density at radius 1 is 0.417 bits per heavy atom. The van der Waals surface area contributed by atoms with E-state index in [9.17, 15) is 0 Å². The molecule has 0 heteroatoms. The molecule has 0 aliphatic carbocycles. The Morgan fingerprint density at radius 3 is 1.08 bits per heavy atom. The molecular formula is C36H46. The summed E-state index contributed by atoms with van der Waals surface area (Å²) in [6.07, 6.45) is 10.9. The van der Waals surface area contributed by atoms with Gasteiger partial charge in [0, 0.05) is 5.92 Å². The molecule has 0 atom stereocenters. The van der Waals surface area contributed by atoms with E-state index in [4.69, 9.17) is 0 Å². The van der Waals surface area contributed by atoms with Crippen molar-refractivity contribution in [2.24, 2.45) is 0 Å². The second kappa shape index (κ2) is 19.1. The van der Waals surface area contributed by atoms with Gasteiger partial charge in [-0.15, -0.1) is 0 Å². The highest BCUT2D eigenvalue weighted by Crippen LogP contribution is 2.30. The van der Waals surface area contributed by atoms with Gasteiger partial charge in [-0.1, -0.05) is 184 Å². The molecule has 0 aromatic heterocycles. The molecular weight excluding hydrogens is 432 g/mol. The Morgan fingerprint density at radius 2 is 0.750 bits per heavy atom. The monoisotopic (exact) mass is 478 g/mol. The highest BCUT2D eigenvalue weighted by molar-refractivity contribution is 5.32. The van der Waals surface area contributed by atoms with Crippen LogP contribution in [0.2, 0.25) is 0 Å². The van der Waals surface area contributed by atoms with E-state index in [0.29, 0.717) is 5.92 Å².